The molecular weight excluding hydrogens is 302 g/mol. The lowest BCUT2D eigenvalue weighted by Crippen LogP contribution is -2.37. The Kier molecular flexibility index (Phi) is 11.8. The molecule has 136 valence electrons. The fourth-order valence-corrected chi connectivity index (χ4v) is 2.17. The molecule has 0 radical (unpaired) electrons. The van der Waals surface area contributed by atoms with Gasteiger partial charge in [-0.2, -0.15) is 0 Å². The summed E-state index contributed by atoms with van der Waals surface area (Å²) in [4.78, 5) is 4.65. The van der Waals surface area contributed by atoms with Crippen molar-refractivity contribution in [1.82, 2.24) is 10.6 Å². The minimum absolute atomic E-state index is 0.611. The van der Waals surface area contributed by atoms with E-state index < -0.39 is 0 Å². The van der Waals surface area contributed by atoms with Crippen LogP contribution in [-0.2, 0) is 22.6 Å². The van der Waals surface area contributed by atoms with E-state index in [2.05, 4.69) is 53.7 Å². The highest BCUT2D eigenvalue weighted by Gasteiger charge is 1.99. The maximum absolute atomic E-state index is 5.62. The number of hydrogen-bond donors (Lipinski definition) is 2. The second-order valence-corrected chi connectivity index (χ2v) is 5.54. The fourth-order valence-electron chi connectivity index (χ4n) is 2.17. The van der Waals surface area contributed by atoms with Crippen molar-refractivity contribution in [2.24, 2.45) is 4.99 Å². The Morgan fingerprint density at radius 2 is 1.83 bits per heavy atom. The first-order valence-corrected chi connectivity index (χ1v) is 9.05. The van der Waals surface area contributed by atoms with Crippen LogP contribution in [0.2, 0.25) is 0 Å². The Bertz CT molecular complexity index is 464. The maximum atomic E-state index is 5.62. The molecule has 0 atom stereocenters. The molecule has 0 heterocycles. The van der Waals surface area contributed by atoms with Gasteiger partial charge < -0.3 is 20.1 Å². The first-order valence-electron chi connectivity index (χ1n) is 9.05. The van der Waals surface area contributed by atoms with Crippen LogP contribution in [0.3, 0.4) is 0 Å². The molecule has 0 amide bonds. The monoisotopic (exact) mass is 335 g/mol. The Hall–Kier alpha value is -1.59. The molecule has 1 rings (SSSR count). The van der Waals surface area contributed by atoms with Gasteiger partial charge in [-0.3, -0.25) is 0 Å². The normalized spacial score (nSPS) is 11.5. The van der Waals surface area contributed by atoms with Gasteiger partial charge in [-0.1, -0.05) is 37.6 Å². The molecule has 0 fully saturated rings. The van der Waals surface area contributed by atoms with E-state index >= 15 is 0 Å². The van der Waals surface area contributed by atoms with Crippen molar-refractivity contribution in [2.45, 2.75) is 46.8 Å². The number of aliphatic imine (C=N–C) groups is 1. The molecule has 0 aliphatic rings. The van der Waals surface area contributed by atoms with E-state index in [1.807, 2.05) is 6.92 Å². The van der Waals surface area contributed by atoms with Crippen LogP contribution in [-0.4, -0.2) is 38.9 Å². The summed E-state index contributed by atoms with van der Waals surface area (Å²) in [5.74, 6) is 0.879. The van der Waals surface area contributed by atoms with E-state index in [1.54, 1.807) is 0 Å². The summed E-state index contributed by atoms with van der Waals surface area (Å²) in [7, 11) is 0. The number of nitrogens with one attached hydrogen (secondary N) is 2. The van der Waals surface area contributed by atoms with Crippen molar-refractivity contribution in [3.63, 3.8) is 0 Å². The lowest BCUT2D eigenvalue weighted by atomic mass is 10.1. The van der Waals surface area contributed by atoms with Crippen LogP contribution < -0.4 is 10.6 Å². The second-order valence-electron chi connectivity index (χ2n) is 5.54. The average Bonchev–Trinajstić information content (AvgIpc) is 2.60. The molecule has 2 N–H and O–H groups in total. The fraction of sp³-hybridized carbons (Fsp3) is 0.632. The minimum atomic E-state index is 0.611. The molecular formula is C19H33N3O2. The Labute approximate surface area is 146 Å². The van der Waals surface area contributed by atoms with Gasteiger partial charge in [-0.05, 0) is 31.4 Å². The highest BCUT2D eigenvalue weighted by Crippen LogP contribution is 2.08. The predicted molar refractivity (Wildman–Crippen MR) is 100 cm³/mol. The van der Waals surface area contributed by atoms with Crippen LogP contribution in [0.25, 0.3) is 0 Å². The first kappa shape index (κ1) is 20.5. The van der Waals surface area contributed by atoms with Crippen LogP contribution in [0.4, 0.5) is 0 Å². The third-order valence-corrected chi connectivity index (χ3v) is 3.42. The largest absolute Gasteiger partial charge is 0.379 e. The van der Waals surface area contributed by atoms with Gasteiger partial charge in [0.05, 0.1) is 26.4 Å². The molecule has 1 aromatic carbocycles. The van der Waals surface area contributed by atoms with E-state index in [9.17, 15) is 0 Å². The van der Waals surface area contributed by atoms with E-state index in [1.165, 1.54) is 17.5 Å². The molecule has 5 heteroatoms. The lowest BCUT2D eigenvalue weighted by molar-refractivity contribution is 0.0453. The van der Waals surface area contributed by atoms with E-state index in [-0.39, 0.29) is 0 Å². The van der Waals surface area contributed by atoms with Crippen LogP contribution in [0.15, 0.2) is 29.3 Å². The number of guanidine groups is 1. The van der Waals surface area contributed by atoms with Gasteiger partial charge in [0, 0.05) is 19.7 Å². The summed E-state index contributed by atoms with van der Waals surface area (Å²) in [5, 5.41) is 6.64. The first-order chi connectivity index (χ1) is 11.8. The Morgan fingerprint density at radius 1 is 1.04 bits per heavy atom. The number of unbranched alkanes of at least 4 members (excludes halogenated alkanes) is 1. The van der Waals surface area contributed by atoms with Gasteiger partial charge in [-0.15, -0.1) is 0 Å². The molecule has 0 saturated carbocycles. The quantitative estimate of drug-likeness (QED) is 0.350. The number of hydrogen-bond acceptors (Lipinski definition) is 3. The molecule has 1 aromatic rings. The third kappa shape index (κ3) is 9.53. The van der Waals surface area contributed by atoms with Crippen LogP contribution in [0.5, 0.6) is 0 Å². The molecule has 0 bridgehead atoms. The topological polar surface area (TPSA) is 54.9 Å². The summed E-state index contributed by atoms with van der Waals surface area (Å²) in [6.07, 6.45) is 2.33. The highest BCUT2D eigenvalue weighted by molar-refractivity contribution is 5.79. The predicted octanol–water partition coefficient (Wildman–Crippen LogP) is 3.09. The summed E-state index contributed by atoms with van der Waals surface area (Å²) >= 11 is 0. The SMILES string of the molecule is CCCCNC(=NCc1cccc(COCCOCC)c1)NCC. The van der Waals surface area contributed by atoms with E-state index in [0.29, 0.717) is 26.4 Å². The second kappa shape index (κ2) is 13.8. The van der Waals surface area contributed by atoms with Gasteiger partial charge in [0.2, 0.25) is 0 Å². The van der Waals surface area contributed by atoms with Crippen molar-refractivity contribution in [3.05, 3.63) is 35.4 Å². The summed E-state index contributed by atoms with van der Waals surface area (Å²) in [6, 6.07) is 8.39. The van der Waals surface area contributed by atoms with Gasteiger partial charge in [0.15, 0.2) is 5.96 Å². The van der Waals surface area contributed by atoms with Crippen molar-refractivity contribution in [3.8, 4) is 0 Å². The Morgan fingerprint density at radius 3 is 2.58 bits per heavy atom. The standard InChI is InChI=1S/C19H33N3O2/c1-4-7-11-21-19(20-5-2)22-15-17-9-8-10-18(14-17)16-24-13-12-23-6-3/h8-10,14H,4-7,11-13,15-16H2,1-3H3,(H2,20,21,22). The highest BCUT2D eigenvalue weighted by atomic mass is 16.5. The molecule has 24 heavy (non-hydrogen) atoms. The molecule has 0 aromatic heterocycles. The molecule has 0 aliphatic carbocycles. The molecule has 5 nitrogen and oxygen atoms in total. The summed E-state index contributed by atoms with van der Waals surface area (Å²) in [6.45, 7) is 11.4. The van der Waals surface area contributed by atoms with Crippen molar-refractivity contribution in [2.75, 3.05) is 32.9 Å². The number of ether oxygens (including phenoxy) is 2. The lowest BCUT2D eigenvalue weighted by Gasteiger charge is -2.11. The summed E-state index contributed by atoms with van der Waals surface area (Å²) in [5.41, 5.74) is 2.36. The van der Waals surface area contributed by atoms with Crippen molar-refractivity contribution in [1.29, 1.82) is 0 Å². The zero-order valence-corrected chi connectivity index (χ0v) is 15.4. The van der Waals surface area contributed by atoms with E-state index in [4.69, 9.17) is 9.47 Å². The zero-order valence-electron chi connectivity index (χ0n) is 15.4. The molecule has 0 unspecified atom stereocenters. The third-order valence-electron chi connectivity index (χ3n) is 3.42. The molecule has 0 aliphatic heterocycles. The molecule has 0 saturated heterocycles. The van der Waals surface area contributed by atoms with Crippen molar-refractivity contribution >= 4 is 5.96 Å². The average molecular weight is 335 g/mol. The number of rotatable bonds is 12. The van der Waals surface area contributed by atoms with Crippen LogP contribution >= 0.6 is 0 Å². The van der Waals surface area contributed by atoms with Gasteiger partial charge in [-0.25, -0.2) is 4.99 Å². The number of benzene rings is 1. The summed E-state index contributed by atoms with van der Waals surface area (Å²) < 4.78 is 10.9. The zero-order chi connectivity index (χ0) is 17.5. The van der Waals surface area contributed by atoms with Gasteiger partial charge in [0.25, 0.3) is 0 Å². The van der Waals surface area contributed by atoms with Gasteiger partial charge >= 0.3 is 0 Å². The van der Waals surface area contributed by atoms with Gasteiger partial charge in [0.1, 0.15) is 0 Å². The Balaban J connectivity index is 2.47. The molecule has 0 spiro atoms. The maximum Gasteiger partial charge on any atom is 0.191 e. The number of nitrogens with zero attached hydrogens (tertiary/aromatic N) is 1. The van der Waals surface area contributed by atoms with Crippen molar-refractivity contribution < 1.29 is 9.47 Å². The van der Waals surface area contributed by atoms with E-state index in [0.717, 1.165) is 32.1 Å². The van der Waals surface area contributed by atoms with Crippen LogP contribution in [0, 0.1) is 0 Å². The van der Waals surface area contributed by atoms with Crippen LogP contribution in [0.1, 0.15) is 44.7 Å². The smallest absolute Gasteiger partial charge is 0.191 e. The minimum Gasteiger partial charge on any atom is -0.379 e.